The summed E-state index contributed by atoms with van der Waals surface area (Å²) in [5.74, 6) is 0.185. The average Bonchev–Trinajstić information content (AvgIpc) is 3.06. The molecular weight excluding hydrogens is 244 g/mol. The molecule has 5 heteroatoms. The third kappa shape index (κ3) is 2.33. The number of methoxy groups -OCH3 is 1. The normalized spacial score (nSPS) is 18.9. The first-order valence-corrected chi connectivity index (χ1v) is 6.41. The molecule has 100 valence electrons. The van der Waals surface area contributed by atoms with Crippen LogP contribution in [0.1, 0.15) is 22.6 Å². The Bertz CT molecular complexity index is 600. The Kier molecular flexibility index (Phi) is 3.21. The lowest BCUT2D eigenvalue weighted by atomic mass is 10.0. The molecule has 1 atom stereocenters. The first-order valence-electron chi connectivity index (χ1n) is 6.41. The zero-order chi connectivity index (χ0) is 13.2. The quantitative estimate of drug-likeness (QED) is 0.788. The van der Waals surface area contributed by atoms with Crippen LogP contribution in [0.15, 0.2) is 24.4 Å². The predicted octanol–water partition coefficient (Wildman–Crippen LogP) is 1.70. The number of ether oxygens (including phenoxy) is 2. The van der Waals surface area contributed by atoms with Crippen LogP contribution in [0.2, 0.25) is 0 Å². The Hall–Kier alpha value is -1.88. The van der Waals surface area contributed by atoms with Crippen LogP contribution in [0.4, 0.5) is 0 Å². The summed E-state index contributed by atoms with van der Waals surface area (Å²) in [6, 6.07) is 5.45. The molecule has 0 spiro atoms. The molecule has 3 rings (SSSR count). The van der Waals surface area contributed by atoms with Crippen LogP contribution >= 0.6 is 0 Å². The van der Waals surface area contributed by atoms with Crippen LogP contribution in [0, 0.1) is 5.92 Å². The smallest absolute Gasteiger partial charge is 0.355 e. The van der Waals surface area contributed by atoms with Crippen LogP contribution in [0.5, 0.6) is 0 Å². The average molecular weight is 260 g/mol. The Morgan fingerprint density at radius 2 is 2.47 bits per heavy atom. The van der Waals surface area contributed by atoms with E-state index in [0.29, 0.717) is 11.6 Å². The summed E-state index contributed by atoms with van der Waals surface area (Å²) >= 11 is 0. The Morgan fingerprint density at radius 1 is 1.58 bits per heavy atom. The number of nitrogens with zero attached hydrogens (tertiary/aromatic N) is 2. The Morgan fingerprint density at radius 3 is 3.21 bits per heavy atom. The number of imidazole rings is 1. The molecular formula is C14H16N2O3. The number of esters is 1. The van der Waals surface area contributed by atoms with Crippen molar-refractivity contribution in [2.75, 3.05) is 20.3 Å². The fraction of sp³-hybridized carbons (Fsp3) is 0.429. The SMILES string of the molecule is COC(=O)c1cccc2nc(CC3CCOC3)cn12. The van der Waals surface area contributed by atoms with E-state index in [1.807, 2.05) is 18.3 Å². The van der Waals surface area contributed by atoms with Crippen molar-refractivity contribution >= 4 is 11.6 Å². The lowest BCUT2D eigenvalue weighted by Crippen LogP contribution is -2.07. The molecule has 1 aliphatic heterocycles. The van der Waals surface area contributed by atoms with Crippen molar-refractivity contribution in [3.05, 3.63) is 35.8 Å². The zero-order valence-electron chi connectivity index (χ0n) is 10.8. The van der Waals surface area contributed by atoms with Gasteiger partial charge in [-0.1, -0.05) is 6.07 Å². The fourth-order valence-electron chi connectivity index (χ4n) is 2.47. The van der Waals surface area contributed by atoms with Gasteiger partial charge in [0.1, 0.15) is 11.3 Å². The zero-order valence-corrected chi connectivity index (χ0v) is 10.8. The maximum atomic E-state index is 11.7. The third-order valence-electron chi connectivity index (χ3n) is 3.46. The Balaban J connectivity index is 1.93. The number of carbonyl (C=O) groups is 1. The Labute approximate surface area is 111 Å². The van der Waals surface area contributed by atoms with Crippen molar-refractivity contribution in [2.45, 2.75) is 12.8 Å². The number of hydrogen-bond acceptors (Lipinski definition) is 4. The van der Waals surface area contributed by atoms with Gasteiger partial charge in [-0.05, 0) is 30.9 Å². The molecule has 0 amide bonds. The van der Waals surface area contributed by atoms with E-state index in [1.54, 1.807) is 10.5 Å². The summed E-state index contributed by atoms with van der Waals surface area (Å²) in [5.41, 5.74) is 2.27. The van der Waals surface area contributed by atoms with Crippen LogP contribution in [-0.4, -0.2) is 35.7 Å². The number of hydrogen-bond donors (Lipinski definition) is 0. The van der Waals surface area contributed by atoms with Gasteiger partial charge in [-0.25, -0.2) is 9.78 Å². The number of fused-ring (bicyclic) bond motifs is 1. The van der Waals surface area contributed by atoms with Gasteiger partial charge >= 0.3 is 5.97 Å². The second-order valence-electron chi connectivity index (χ2n) is 4.80. The van der Waals surface area contributed by atoms with Gasteiger partial charge in [0.05, 0.1) is 12.8 Å². The number of aromatic nitrogens is 2. The first-order chi connectivity index (χ1) is 9.28. The molecule has 2 aromatic heterocycles. The molecule has 0 saturated carbocycles. The van der Waals surface area contributed by atoms with Crippen molar-refractivity contribution in [1.82, 2.24) is 9.38 Å². The second kappa shape index (κ2) is 5.01. The summed E-state index contributed by atoms with van der Waals surface area (Å²) in [5, 5.41) is 0. The van der Waals surface area contributed by atoms with E-state index in [9.17, 15) is 4.79 Å². The molecule has 0 aromatic carbocycles. The largest absolute Gasteiger partial charge is 0.464 e. The molecule has 1 aliphatic rings. The third-order valence-corrected chi connectivity index (χ3v) is 3.46. The molecule has 0 radical (unpaired) electrons. The highest BCUT2D eigenvalue weighted by Crippen LogP contribution is 2.19. The molecule has 1 fully saturated rings. The van der Waals surface area contributed by atoms with Gasteiger partial charge in [0.2, 0.25) is 0 Å². The summed E-state index contributed by atoms with van der Waals surface area (Å²) in [6.07, 6.45) is 3.89. The van der Waals surface area contributed by atoms with Crippen molar-refractivity contribution < 1.29 is 14.3 Å². The van der Waals surface area contributed by atoms with Crippen molar-refractivity contribution in [3.63, 3.8) is 0 Å². The highest BCUT2D eigenvalue weighted by atomic mass is 16.5. The van der Waals surface area contributed by atoms with E-state index >= 15 is 0 Å². The van der Waals surface area contributed by atoms with E-state index in [4.69, 9.17) is 9.47 Å². The highest BCUT2D eigenvalue weighted by molar-refractivity contribution is 5.88. The maximum Gasteiger partial charge on any atom is 0.355 e. The monoisotopic (exact) mass is 260 g/mol. The molecule has 3 heterocycles. The van der Waals surface area contributed by atoms with Gasteiger partial charge in [0, 0.05) is 19.4 Å². The summed E-state index contributed by atoms with van der Waals surface area (Å²) in [6.45, 7) is 1.64. The van der Waals surface area contributed by atoms with Crippen LogP contribution < -0.4 is 0 Å². The highest BCUT2D eigenvalue weighted by Gasteiger charge is 2.18. The van der Waals surface area contributed by atoms with Crippen LogP contribution in [0.3, 0.4) is 0 Å². The molecule has 0 N–H and O–H groups in total. The van der Waals surface area contributed by atoms with Crippen molar-refractivity contribution in [1.29, 1.82) is 0 Å². The van der Waals surface area contributed by atoms with E-state index in [2.05, 4.69) is 4.98 Å². The maximum absolute atomic E-state index is 11.7. The number of rotatable bonds is 3. The van der Waals surface area contributed by atoms with E-state index in [1.165, 1.54) is 7.11 Å². The second-order valence-corrected chi connectivity index (χ2v) is 4.80. The molecule has 0 bridgehead atoms. The van der Waals surface area contributed by atoms with Crippen LogP contribution in [-0.2, 0) is 15.9 Å². The van der Waals surface area contributed by atoms with Gasteiger partial charge < -0.3 is 9.47 Å². The van der Waals surface area contributed by atoms with Gasteiger partial charge in [0.15, 0.2) is 0 Å². The van der Waals surface area contributed by atoms with E-state index in [0.717, 1.165) is 37.4 Å². The number of carbonyl (C=O) groups excluding carboxylic acids is 1. The topological polar surface area (TPSA) is 52.8 Å². The van der Waals surface area contributed by atoms with Gasteiger partial charge in [-0.2, -0.15) is 0 Å². The molecule has 2 aromatic rings. The number of pyridine rings is 1. The minimum Gasteiger partial charge on any atom is -0.464 e. The molecule has 0 aliphatic carbocycles. The van der Waals surface area contributed by atoms with E-state index < -0.39 is 0 Å². The summed E-state index contributed by atoms with van der Waals surface area (Å²) in [7, 11) is 1.38. The predicted molar refractivity (Wildman–Crippen MR) is 69.2 cm³/mol. The molecule has 5 nitrogen and oxygen atoms in total. The molecule has 1 saturated heterocycles. The minimum absolute atomic E-state index is 0.348. The minimum atomic E-state index is -0.348. The summed E-state index contributed by atoms with van der Waals surface area (Å²) in [4.78, 5) is 16.2. The first kappa shape index (κ1) is 12.2. The molecule has 1 unspecified atom stereocenters. The molecule has 19 heavy (non-hydrogen) atoms. The lowest BCUT2D eigenvalue weighted by Gasteiger charge is -2.03. The fourth-order valence-corrected chi connectivity index (χ4v) is 2.47. The standard InChI is InChI=1S/C14H16N2O3/c1-18-14(17)12-3-2-4-13-15-11(8-16(12)13)7-10-5-6-19-9-10/h2-4,8,10H,5-7,9H2,1H3. The van der Waals surface area contributed by atoms with Crippen molar-refractivity contribution in [2.24, 2.45) is 5.92 Å². The summed E-state index contributed by atoms with van der Waals surface area (Å²) < 4.78 is 11.9. The van der Waals surface area contributed by atoms with Gasteiger partial charge in [0.25, 0.3) is 0 Å². The van der Waals surface area contributed by atoms with Crippen molar-refractivity contribution in [3.8, 4) is 0 Å². The van der Waals surface area contributed by atoms with E-state index in [-0.39, 0.29) is 5.97 Å². The van der Waals surface area contributed by atoms with Crippen LogP contribution in [0.25, 0.3) is 5.65 Å². The van der Waals surface area contributed by atoms with Gasteiger partial charge in [-0.15, -0.1) is 0 Å². The van der Waals surface area contributed by atoms with Gasteiger partial charge in [-0.3, -0.25) is 4.40 Å². The lowest BCUT2D eigenvalue weighted by molar-refractivity contribution is 0.0592.